The monoisotopic (exact) mass is 337 g/mol. The molecule has 2 aromatic carbocycles. The van der Waals surface area contributed by atoms with Gasteiger partial charge < -0.3 is 4.74 Å². The zero-order valence-electron chi connectivity index (χ0n) is 15.9. The van der Waals surface area contributed by atoms with Gasteiger partial charge in [-0.15, -0.1) is 0 Å². The lowest BCUT2D eigenvalue weighted by atomic mass is 9.75. The molecule has 0 atom stereocenters. The van der Waals surface area contributed by atoms with Crippen molar-refractivity contribution in [1.82, 2.24) is 4.90 Å². The van der Waals surface area contributed by atoms with Gasteiger partial charge in [0.2, 0.25) is 0 Å². The van der Waals surface area contributed by atoms with Crippen molar-refractivity contribution in [2.24, 2.45) is 0 Å². The molecule has 0 N–H and O–H groups in total. The summed E-state index contributed by atoms with van der Waals surface area (Å²) < 4.78 is 6.27. The zero-order valence-corrected chi connectivity index (χ0v) is 15.9. The van der Waals surface area contributed by atoms with Crippen LogP contribution in [0.4, 0.5) is 0 Å². The molecule has 0 saturated heterocycles. The number of hydrogen-bond acceptors (Lipinski definition) is 2. The van der Waals surface area contributed by atoms with Gasteiger partial charge in [0, 0.05) is 11.1 Å². The SMILES string of the molecule is CCCCCCC1(N(CC)CC)c2ccccc2Oc2ccccc21. The standard InChI is InChI=1S/C23H31NO/c1-4-7-8-13-18-23(24(5-2)6-3)19-14-9-11-16-21(19)25-22-17-12-10-15-20(22)23/h9-12,14-17H,4-8,13,18H2,1-3H3. The van der Waals surface area contributed by atoms with E-state index in [0.717, 1.165) is 31.0 Å². The van der Waals surface area contributed by atoms with E-state index in [2.05, 4.69) is 74.2 Å². The summed E-state index contributed by atoms with van der Waals surface area (Å²) in [5.74, 6) is 2.03. The van der Waals surface area contributed by atoms with E-state index in [-0.39, 0.29) is 5.54 Å². The second kappa shape index (κ2) is 8.05. The normalized spacial score (nSPS) is 14.7. The van der Waals surface area contributed by atoms with E-state index in [4.69, 9.17) is 4.74 Å². The third-order valence-electron chi connectivity index (χ3n) is 5.58. The van der Waals surface area contributed by atoms with Gasteiger partial charge in [-0.1, -0.05) is 82.9 Å². The Bertz CT molecular complexity index is 644. The number of nitrogens with zero attached hydrogens (tertiary/aromatic N) is 1. The molecule has 2 nitrogen and oxygen atoms in total. The van der Waals surface area contributed by atoms with Crippen molar-refractivity contribution in [3.8, 4) is 11.5 Å². The van der Waals surface area contributed by atoms with E-state index in [1.165, 1.54) is 36.8 Å². The van der Waals surface area contributed by atoms with Gasteiger partial charge in [0.25, 0.3) is 0 Å². The van der Waals surface area contributed by atoms with Gasteiger partial charge >= 0.3 is 0 Å². The van der Waals surface area contributed by atoms with Crippen molar-refractivity contribution in [2.45, 2.75) is 58.4 Å². The predicted molar refractivity (Wildman–Crippen MR) is 105 cm³/mol. The molecular weight excluding hydrogens is 306 g/mol. The van der Waals surface area contributed by atoms with E-state index in [9.17, 15) is 0 Å². The molecule has 0 unspecified atom stereocenters. The van der Waals surface area contributed by atoms with Crippen molar-refractivity contribution >= 4 is 0 Å². The molecule has 0 saturated carbocycles. The van der Waals surface area contributed by atoms with Crippen molar-refractivity contribution in [2.75, 3.05) is 13.1 Å². The Morgan fingerprint density at radius 3 is 1.84 bits per heavy atom. The number of unbranched alkanes of at least 4 members (excludes halogenated alkanes) is 3. The van der Waals surface area contributed by atoms with Crippen LogP contribution in [0.15, 0.2) is 48.5 Å². The highest BCUT2D eigenvalue weighted by Gasteiger charge is 2.44. The molecule has 0 bridgehead atoms. The minimum atomic E-state index is -0.0807. The van der Waals surface area contributed by atoms with Crippen LogP contribution in [0.5, 0.6) is 11.5 Å². The molecule has 0 aromatic heterocycles. The second-order valence-corrected chi connectivity index (χ2v) is 6.94. The molecule has 0 spiro atoms. The average molecular weight is 338 g/mol. The number of ether oxygens (including phenoxy) is 1. The van der Waals surface area contributed by atoms with Gasteiger partial charge in [-0.3, -0.25) is 4.90 Å². The van der Waals surface area contributed by atoms with Crippen LogP contribution in [-0.2, 0) is 5.54 Å². The summed E-state index contributed by atoms with van der Waals surface area (Å²) in [5, 5.41) is 0. The first-order valence-corrected chi connectivity index (χ1v) is 9.89. The van der Waals surface area contributed by atoms with Gasteiger partial charge in [-0.25, -0.2) is 0 Å². The molecule has 0 radical (unpaired) electrons. The summed E-state index contributed by atoms with van der Waals surface area (Å²) in [6.07, 6.45) is 6.27. The molecule has 1 heterocycles. The molecule has 1 aliphatic rings. The van der Waals surface area contributed by atoms with Gasteiger partial charge in [0.05, 0.1) is 5.54 Å². The highest BCUT2D eigenvalue weighted by Crippen LogP contribution is 2.52. The Kier molecular flexibility index (Phi) is 5.80. The smallest absolute Gasteiger partial charge is 0.132 e. The summed E-state index contributed by atoms with van der Waals surface area (Å²) in [4.78, 5) is 2.62. The maximum Gasteiger partial charge on any atom is 0.132 e. The van der Waals surface area contributed by atoms with Crippen LogP contribution in [0.2, 0.25) is 0 Å². The summed E-state index contributed by atoms with van der Waals surface area (Å²) in [6.45, 7) is 8.90. The van der Waals surface area contributed by atoms with Gasteiger partial charge in [0.15, 0.2) is 0 Å². The van der Waals surface area contributed by atoms with E-state index >= 15 is 0 Å². The number of para-hydroxylation sites is 2. The van der Waals surface area contributed by atoms with Crippen LogP contribution in [0.25, 0.3) is 0 Å². The van der Waals surface area contributed by atoms with Crippen LogP contribution in [0.1, 0.15) is 64.0 Å². The molecule has 0 fully saturated rings. The van der Waals surface area contributed by atoms with Crippen LogP contribution < -0.4 is 4.74 Å². The first kappa shape index (κ1) is 18.0. The maximum atomic E-state index is 6.27. The predicted octanol–water partition coefficient (Wildman–Crippen LogP) is 6.35. The van der Waals surface area contributed by atoms with E-state index in [1.807, 2.05) is 0 Å². The first-order chi connectivity index (χ1) is 12.3. The molecule has 25 heavy (non-hydrogen) atoms. The van der Waals surface area contributed by atoms with Crippen LogP contribution in [0.3, 0.4) is 0 Å². The highest BCUT2D eigenvalue weighted by molar-refractivity contribution is 5.57. The van der Waals surface area contributed by atoms with Gasteiger partial charge in [0.1, 0.15) is 11.5 Å². The minimum absolute atomic E-state index is 0.0807. The number of hydrogen-bond donors (Lipinski definition) is 0. The summed E-state index contributed by atoms with van der Waals surface area (Å²) >= 11 is 0. The molecule has 2 aromatic rings. The fraction of sp³-hybridized carbons (Fsp3) is 0.478. The summed E-state index contributed by atoms with van der Waals surface area (Å²) in [5.41, 5.74) is 2.57. The zero-order chi connectivity index (χ0) is 17.7. The van der Waals surface area contributed by atoms with Crippen LogP contribution in [-0.4, -0.2) is 18.0 Å². The Labute approximate surface area is 152 Å². The van der Waals surface area contributed by atoms with E-state index < -0.39 is 0 Å². The second-order valence-electron chi connectivity index (χ2n) is 6.94. The molecule has 0 aliphatic carbocycles. The topological polar surface area (TPSA) is 12.5 Å². The lowest BCUT2D eigenvalue weighted by molar-refractivity contribution is 0.111. The minimum Gasteiger partial charge on any atom is -0.457 e. The van der Waals surface area contributed by atoms with Crippen LogP contribution >= 0.6 is 0 Å². The van der Waals surface area contributed by atoms with Crippen molar-refractivity contribution in [3.63, 3.8) is 0 Å². The summed E-state index contributed by atoms with van der Waals surface area (Å²) in [7, 11) is 0. The number of fused-ring (bicyclic) bond motifs is 2. The average Bonchev–Trinajstić information content (AvgIpc) is 2.66. The third kappa shape index (κ3) is 3.20. The van der Waals surface area contributed by atoms with E-state index in [0.29, 0.717) is 0 Å². The van der Waals surface area contributed by atoms with Crippen molar-refractivity contribution in [3.05, 3.63) is 59.7 Å². The van der Waals surface area contributed by atoms with Crippen LogP contribution in [0, 0.1) is 0 Å². The Morgan fingerprint density at radius 2 is 1.32 bits per heavy atom. The quantitative estimate of drug-likeness (QED) is 0.520. The number of rotatable bonds is 8. The molecule has 3 rings (SSSR count). The lowest BCUT2D eigenvalue weighted by Gasteiger charge is -2.47. The van der Waals surface area contributed by atoms with Crippen molar-refractivity contribution < 1.29 is 4.74 Å². The largest absolute Gasteiger partial charge is 0.457 e. The molecule has 134 valence electrons. The Hall–Kier alpha value is -1.80. The van der Waals surface area contributed by atoms with Crippen molar-refractivity contribution in [1.29, 1.82) is 0 Å². The van der Waals surface area contributed by atoms with Gasteiger partial charge in [-0.05, 0) is 31.6 Å². The fourth-order valence-corrected chi connectivity index (χ4v) is 4.40. The maximum absolute atomic E-state index is 6.27. The van der Waals surface area contributed by atoms with E-state index in [1.54, 1.807) is 0 Å². The lowest BCUT2D eigenvalue weighted by Crippen LogP contribution is -2.48. The summed E-state index contributed by atoms with van der Waals surface area (Å²) in [6, 6.07) is 17.2. The molecule has 1 aliphatic heterocycles. The molecule has 2 heteroatoms. The fourth-order valence-electron chi connectivity index (χ4n) is 4.40. The first-order valence-electron chi connectivity index (χ1n) is 9.89. The molecule has 0 amide bonds. The Balaban J connectivity index is 2.14. The molecular formula is C23H31NO. The number of benzene rings is 2. The third-order valence-corrected chi connectivity index (χ3v) is 5.58. The highest BCUT2D eigenvalue weighted by atomic mass is 16.5. The Morgan fingerprint density at radius 1 is 0.760 bits per heavy atom. The van der Waals surface area contributed by atoms with Gasteiger partial charge in [-0.2, -0.15) is 0 Å².